The molecule has 2 N–H and O–H groups in total. The predicted molar refractivity (Wildman–Crippen MR) is 65.1 cm³/mol. The van der Waals surface area contributed by atoms with Crippen molar-refractivity contribution in [3.63, 3.8) is 0 Å². The third kappa shape index (κ3) is 3.83. The van der Waals surface area contributed by atoms with Crippen LogP contribution in [0.5, 0.6) is 0 Å². The van der Waals surface area contributed by atoms with E-state index in [0.717, 1.165) is 25.7 Å². The van der Waals surface area contributed by atoms with Crippen molar-refractivity contribution in [1.29, 1.82) is 5.26 Å². The lowest BCUT2D eigenvalue weighted by Crippen LogP contribution is -2.44. The molecule has 0 spiro atoms. The van der Waals surface area contributed by atoms with Crippen molar-refractivity contribution >= 4 is 0 Å². The van der Waals surface area contributed by atoms with Gasteiger partial charge in [-0.3, -0.25) is 4.90 Å². The molecule has 2 fully saturated rings. The summed E-state index contributed by atoms with van der Waals surface area (Å²) < 4.78 is 37.5. The van der Waals surface area contributed by atoms with Crippen LogP contribution in [-0.2, 0) is 0 Å². The van der Waals surface area contributed by atoms with E-state index in [9.17, 15) is 13.2 Å². The van der Waals surface area contributed by atoms with Crippen molar-refractivity contribution in [2.24, 2.45) is 11.7 Å². The van der Waals surface area contributed by atoms with Gasteiger partial charge in [0, 0.05) is 6.04 Å². The van der Waals surface area contributed by atoms with Crippen LogP contribution in [0.4, 0.5) is 13.2 Å². The van der Waals surface area contributed by atoms with Crippen LogP contribution in [0.25, 0.3) is 0 Å². The summed E-state index contributed by atoms with van der Waals surface area (Å²) >= 11 is 0. The fourth-order valence-electron chi connectivity index (χ4n) is 3.03. The van der Waals surface area contributed by atoms with Gasteiger partial charge < -0.3 is 5.73 Å². The Morgan fingerprint density at radius 2 is 2.00 bits per heavy atom. The van der Waals surface area contributed by atoms with Gasteiger partial charge in [-0.15, -0.1) is 0 Å². The molecule has 0 amide bonds. The number of nitrogens with two attached hydrogens (primary N) is 1. The summed E-state index contributed by atoms with van der Waals surface area (Å²) in [6.45, 7) is -0.440. The van der Waals surface area contributed by atoms with Crippen LogP contribution in [-0.4, -0.2) is 35.7 Å². The minimum atomic E-state index is -4.15. The van der Waals surface area contributed by atoms with Gasteiger partial charge in [0.25, 0.3) is 0 Å². The smallest absolute Gasteiger partial charge is 0.313 e. The topological polar surface area (TPSA) is 53.1 Å². The monoisotopic (exact) mass is 275 g/mol. The Morgan fingerprint density at radius 3 is 2.53 bits per heavy atom. The highest BCUT2D eigenvalue weighted by Crippen LogP contribution is 2.37. The molecule has 0 aliphatic heterocycles. The first-order valence-corrected chi connectivity index (χ1v) is 6.85. The third-order valence-corrected chi connectivity index (χ3v) is 4.29. The molecule has 0 heterocycles. The molecule has 108 valence electrons. The second-order valence-electron chi connectivity index (χ2n) is 5.85. The molecule has 3 nitrogen and oxygen atoms in total. The minimum Gasteiger partial charge on any atom is -0.313 e. The van der Waals surface area contributed by atoms with E-state index < -0.39 is 18.3 Å². The van der Waals surface area contributed by atoms with E-state index in [1.165, 1.54) is 4.90 Å². The summed E-state index contributed by atoms with van der Waals surface area (Å²) in [5.74, 6) is 0.0342. The standard InChI is InChI=1S/C13H20F3N3/c14-13(15,16)9-19(11-3-4-11)7-5-10-2-1-6-12(10,18)8-17/h10-11H,1-7,9,18H2. The van der Waals surface area contributed by atoms with E-state index in [1.807, 2.05) is 0 Å². The van der Waals surface area contributed by atoms with Crippen molar-refractivity contribution in [2.75, 3.05) is 13.1 Å². The molecule has 6 heteroatoms. The second kappa shape index (κ2) is 5.29. The molecule has 0 bridgehead atoms. The largest absolute Gasteiger partial charge is 0.401 e. The Hall–Kier alpha value is -0.800. The fraction of sp³-hybridized carbons (Fsp3) is 0.923. The number of halogens is 3. The lowest BCUT2D eigenvalue weighted by atomic mass is 9.87. The predicted octanol–water partition coefficient (Wildman–Crippen LogP) is 2.42. The van der Waals surface area contributed by atoms with Gasteiger partial charge in [0.2, 0.25) is 0 Å². The minimum absolute atomic E-state index is 0.0342. The first-order chi connectivity index (χ1) is 8.84. The number of nitrogens with zero attached hydrogens (tertiary/aromatic N) is 2. The van der Waals surface area contributed by atoms with Crippen molar-refractivity contribution in [3.05, 3.63) is 0 Å². The lowest BCUT2D eigenvalue weighted by Gasteiger charge is -2.28. The van der Waals surface area contributed by atoms with Crippen LogP contribution in [0.1, 0.15) is 38.5 Å². The molecule has 2 unspecified atom stereocenters. The van der Waals surface area contributed by atoms with Gasteiger partial charge in [-0.25, -0.2) is 0 Å². The molecule has 2 aliphatic rings. The molecule has 2 saturated carbocycles. The van der Waals surface area contributed by atoms with Crippen molar-refractivity contribution < 1.29 is 13.2 Å². The van der Waals surface area contributed by atoms with E-state index in [1.54, 1.807) is 0 Å². The van der Waals surface area contributed by atoms with E-state index in [-0.39, 0.29) is 12.0 Å². The number of alkyl halides is 3. The van der Waals surface area contributed by atoms with Gasteiger partial charge in [0.15, 0.2) is 0 Å². The Balaban J connectivity index is 1.87. The maximum absolute atomic E-state index is 12.5. The zero-order valence-electron chi connectivity index (χ0n) is 10.9. The molecule has 2 aliphatic carbocycles. The molecule has 2 rings (SSSR count). The Bertz CT molecular complexity index is 359. The summed E-state index contributed by atoms with van der Waals surface area (Å²) in [7, 11) is 0. The van der Waals surface area contributed by atoms with Crippen LogP contribution in [0, 0.1) is 17.2 Å². The highest BCUT2D eigenvalue weighted by molar-refractivity contribution is 5.12. The van der Waals surface area contributed by atoms with Crippen molar-refractivity contribution in [1.82, 2.24) is 4.90 Å². The molecule has 0 saturated heterocycles. The zero-order chi connectivity index (χ0) is 14.1. The third-order valence-electron chi connectivity index (χ3n) is 4.29. The summed E-state index contributed by atoms with van der Waals surface area (Å²) in [5, 5.41) is 9.10. The summed E-state index contributed by atoms with van der Waals surface area (Å²) in [5.41, 5.74) is 5.18. The van der Waals surface area contributed by atoms with Gasteiger partial charge in [-0.05, 0) is 44.6 Å². The van der Waals surface area contributed by atoms with Crippen molar-refractivity contribution in [2.45, 2.75) is 56.3 Å². The first-order valence-electron chi connectivity index (χ1n) is 6.85. The number of hydrogen-bond donors (Lipinski definition) is 1. The Labute approximate surface area is 111 Å². The Morgan fingerprint density at radius 1 is 1.32 bits per heavy atom. The van der Waals surface area contributed by atoms with Crippen LogP contribution in [0.15, 0.2) is 0 Å². The van der Waals surface area contributed by atoms with Gasteiger partial charge in [-0.2, -0.15) is 18.4 Å². The maximum atomic E-state index is 12.5. The lowest BCUT2D eigenvalue weighted by molar-refractivity contribution is -0.147. The summed E-state index contributed by atoms with van der Waals surface area (Å²) in [4.78, 5) is 1.51. The highest BCUT2D eigenvalue weighted by Gasteiger charge is 2.42. The van der Waals surface area contributed by atoms with Crippen LogP contribution < -0.4 is 5.73 Å². The first kappa shape index (κ1) is 14.6. The fourth-order valence-corrected chi connectivity index (χ4v) is 3.03. The van der Waals surface area contributed by atoms with Crippen LogP contribution >= 0.6 is 0 Å². The Kier molecular flexibility index (Phi) is 4.07. The van der Waals surface area contributed by atoms with Crippen LogP contribution in [0.3, 0.4) is 0 Å². The van der Waals surface area contributed by atoms with Gasteiger partial charge in [0.1, 0.15) is 5.54 Å². The average Bonchev–Trinajstić information content (AvgIpc) is 3.08. The molecule has 0 aromatic heterocycles. The zero-order valence-corrected chi connectivity index (χ0v) is 10.9. The average molecular weight is 275 g/mol. The van der Waals surface area contributed by atoms with Gasteiger partial charge in [0.05, 0.1) is 12.6 Å². The molecule has 2 atom stereocenters. The quantitative estimate of drug-likeness (QED) is 0.838. The van der Waals surface area contributed by atoms with Crippen LogP contribution in [0.2, 0.25) is 0 Å². The van der Waals surface area contributed by atoms with Gasteiger partial charge in [-0.1, -0.05) is 6.42 Å². The molecule has 19 heavy (non-hydrogen) atoms. The van der Waals surface area contributed by atoms with Crippen molar-refractivity contribution in [3.8, 4) is 6.07 Å². The van der Waals surface area contributed by atoms with E-state index in [0.29, 0.717) is 19.4 Å². The SMILES string of the molecule is N#CC1(N)CCCC1CCN(CC(F)(F)F)C1CC1. The summed E-state index contributed by atoms with van der Waals surface area (Å²) in [6.07, 6.45) is 0.576. The molecule has 0 radical (unpaired) electrons. The number of rotatable bonds is 5. The number of nitriles is 1. The number of hydrogen-bond acceptors (Lipinski definition) is 3. The van der Waals surface area contributed by atoms with E-state index in [4.69, 9.17) is 11.0 Å². The normalized spacial score (nSPS) is 31.7. The van der Waals surface area contributed by atoms with E-state index in [2.05, 4.69) is 6.07 Å². The van der Waals surface area contributed by atoms with Gasteiger partial charge >= 0.3 is 6.18 Å². The molecule has 0 aromatic rings. The van der Waals surface area contributed by atoms with E-state index >= 15 is 0 Å². The second-order valence-corrected chi connectivity index (χ2v) is 5.85. The maximum Gasteiger partial charge on any atom is 0.401 e. The molecule has 0 aromatic carbocycles. The highest BCUT2D eigenvalue weighted by atomic mass is 19.4. The molecular formula is C13H20F3N3. The summed E-state index contributed by atoms with van der Waals surface area (Å²) in [6, 6.07) is 2.23. The molecular weight excluding hydrogens is 255 g/mol.